The number of halogens is 1. The summed E-state index contributed by atoms with van der Waals surface area (Å²) >= 11 is 7.33. The molecule has 0 aromatic heterocycles. The first-order valence-electron chi connectivity index (χ1n) is 12.1. The number of amides is 3. The minimum absolute atomic E-state index is 0.116. The molecule has 196 valence electrons. The highest BCUT2D eigenvalue weighted by Gasteiger charge is 2.15. The third kappa shape index (κ3) is 8.60. The lowest BCUT2D eigenvalue weighted by Gasteiger charge is -2.12. The maximum atomic E-state index is 13.2. The largest absolute Gasteiger partial charge is 0.325 e. The van der Waals surface area contributed by atoms with Gasteiger partial charge in [0.15, 0.2) is 0 Å². The number of rotatable bonds is 9. The van der Waals surface area contributed by atoms with Crippen molar-refractivity contribution in [3.8, 4) is 0 Å². The van der Waals surface area contributed by atoms with Crippen LogP contribution < -0.4 is 16.0 Å². The number of thioether (sulfide) groups is 1. The van der Waals surface area contributed by atoms with Crippen LogP contribution in [0.25, 0.3) is 6.08 Å². The predicted molar refractivity (Wildman–Crippen MR) is 159 cm³/mol. The molecule has 0 aliphatic carbocycles. The maximum absolute atomic E-state index is 13.2. The van der Waals surface area contributed by atoms with Gasteiger partial charge in [-0.2, -0.15) is 0 Å². The van der Waals surface area contributed by atoms with E-state index in [2.05, 4.69) is 16.0 Å². The fraction of sp³-hybridized carbons (Fsp3) is 0.0645. The molecule has 0 atom stereocenters. The fourth-order valence-corrected chi connectivity index (χ4v) is 4.50. The number of aryl methyl sites for hydroxylation is 1. The maximum Gasteiger partial charge on any atom is 0.272 e. The summed E-state index contributed by atoms with van der Waals surface area (Å²) in [6.07, 6.45) is 1.64. The van der Waals surface area contributed by atoms with Gasteiger partial charge in [0.05, 0.1) is 5.75 Å². The van der Waals surface area contributed by atoms with E-state index >= 15 is 0 Å². The number of anilines is 2. The van der Waals surface area contributed by atoms with Gasteiger partial charge in [-0.1, -0.05) is 65.7 Å². The van der Waals surface area contributed by atoms with Crippen LogP contribution in [0.3, 0.4) is 0 Å². The predicted octanol–water partition coefficient (Wildman–Crippen LogP) is 6.79. The van der Waals surface area contributed by atoms with Crippen LogP contribution in [0.4, 0.5) is 11.4 Å². The highest BCUT2D eigenvalue weighted by molar-refractivity contribution is 8.00. The molecular formula is C31H26ClN3O3S. The van der Waals surface area contributed by atoms with Crippen LogP contribution >= 0.6 is 23.4 Å². The van der Waals surface area contributed by atoms with Crippen LogP contribution in [0.15, 0.2) is 114 Å². The number of nitrogens with one attached hydrogen (secondary N) is 3. The molecular weight excluding hydrogens is 530 g/mol. The summed E-state index contributed by atoms with van der Waals surface area (Å²) in [5, 5.41) is 8.95. The molecule has 0 spiro atoms. The number of benzene rings is 4. The molecule has 6 nitrogen and oxygen atoms in total. The highest BCUT2D eigenvalue weighted by atomic mass is 35.5. The van der Waals surface area contributed by atoms with Gasteiger partial charge in [-0.15, -0.1) is 11.8 Å². The van der Waals surface area contributed by atoms with E-state index in [4.69, 9.17) is 11.6 Å². The summed E-state index contributed by atoms with van der Waals surface area (Å²) in [4.78, 5) is 39.1. The zero-order valence-corrected chi connectivity index (χ0v) is 22.7. The second-order valence-corrected chi connectivity index (χ2v) is 10.1. The Balaban J connectivity index is 1.40. The third-order valence-electron chi connectivity index (χ3n) is 5.47. The third-order valence-corrected chi connectivity index (χ3v) is 6.72. The average molecular weight is 556 g/mol. The summed E-state index contributed by atoms with van der Waals surface area (Å²) in [6, 6.07) is 30.5. The summed E-state index contributed by atoms with van der Waals surface area (Å²) < 4.78 is 0. The van der Waals surface area contributed by atoms with Gasteiger partial charge in [0.2, 0.25) is 5.91 Å². The monoisotopic (exact) mass is 555 g/mol. The standard InChI is InChI=1S/C31H26ClN3O3S/c1-21-7-5-8-22(17-21)18-28(35-30(37)23-9-3-2-4-10-23)31(38)34-25-13-15-27(16-14-25)39-20-29(36)33-26-12-6-11-24(32)19-26/h2-19H,20H2,1H3,(H,33,36)(H,34,38)(H,35,37)/b28-18-. The van der Waals surface area contributed by atoms with E-state index < -0.39 is 5.91 Å². The minimum atomic E-state index is -0.456. The van der Waals surface area contributed by atoms with Gasteiger partial charge in [0.25, 0.3) is 11.8 Å². The van der Waals surface area contributed by atoms with E-state index in [1.165, 1.54) is 11.8 Å². The molecule has 4 aromatic rings. The molecule has 8 heteroatoms. The van der Waals surface area contributed by atoms with E-state index in [1.807, 2.05) is 49.4 Å². The molecule has 0 unspecified atom stereocenters. The van der Waals surface area contributed by atoms with Gasteiger partial charge < -0.3 is 16.0 Å². The molecule has 0 saturated heterocycles. The molecule has 0 fully saturated rings. The van der Waals surface area contributed by atoms with Crippen LogP contribution in [0.1, 0.15) is 21.5 Å². The fourth-order valence-electron chi connectivity index (χ4n) is 3.61. The van der Waals surface area contributed by atoms with Crippen molar-refractivity contribution < 1.29 is 14.4 Å². The van der Waals surface area contributed by atoms with Crippen LogP contribution in [0, 0.1) is 6.92 Å². The summed E-state index contributed by atoms with van der Waals surface area (Å²) in [5.74, 6) is -0.776. The van der Waals surface area contributed by atoms with Crippen molar-refractivity contribution in [3.05, 3.63) is 131 Å². The number of carbonyl (C=O) groups excluding carboxylic acids is 3. The van der Waals surface area contributed by atoms with Crippen molar-refractivity contribution in [3.63, 3.8) is 0 Å². The Bertz CT molecular complexity index is 1510. The first-order valence-corrected chi connectivity index (χ1v) is 13.5. The van der Waals surface area contributed by atoms with Crippen LogP contribution in [-0.2, 0) is 9.59 Å². The van der Waals surface area contributed by atoms with E-state index in [0.29, 0.717) is 22.0 Å². The van der Waals surface area contributed by atoms with Crippen LogP contribution in [0.2, 0.25) is 5.02 Å². The van der Waals surface area contributed by atoms with E-state index in [0.717, 1.165) is 16.0 Å². The van der Waals surface area contributed by atoms with Gasteiger partial charge in [-0.3, -0.25) is 14.4 Å². The lowest BCUT2D eigenvalue weighted by molar-refractivity contribution is -0.114. The van der Waals surface area contributed by atoms with Crippen molar-refractivity contribution >= 4 is 58.5 Å². The Morgan fingerprint density at radius 1 is 0.795 bits per heavy atom. The lowest BCUT2D eigenvalue weighted by Crippen LogP contribution is -2.30. The zero-order valence-electron chi connectivity index (χ0n) is 21.1. The summed E-state index contributed by atoms with van der Waals surface area (Å²) in [7, 11) is 0. The molecule has 0 heterocycles. The quantitative estimate of drug-likeness (QED) is 0.157. The normalized spacial score (nSPS) is 11.0. The van der Waals surface area contributed by atoms with Gasteiger partial charge in [-0.05, 0) is 73.2 Å². The molecule has 3 N–H and O–H groups in total. The Morgan fingerprint density at radius 2 is 1.54 bits per heavy atom. The molecule has 0 radical (unpaired) electrons. The number of hydrogen-bond acceptors (Lipinski definition) is 4. The van der Waals surface area contributed by atoms with E-state index in [-0.39, 0.29) is 23.3 Å². The van der Waals surface area contributed by atoms with Crippen molar-refractivity contribution in [2.75, 3.05) is 16.4 Å². The van der Waals surface area contributed by atoms with E-state index in [9.17, 15) is 14.4 Å². The molecule has 0 saturated carbocycles. The Morgan fingerprint density at radius 3 is 2.26 bits per heavy atom. The second-order valence-electron chi connectivity index (χ2n) is 8.62. The molecule has 3 amide bonds. The smallest absolute Gasteiger partial charge is 0.272 e. The van der Waals surface area contributed by atoms with Crippen LogP contribution in [-0.4, -0.2) is 23.5 Å². The van der Waals surface area contributed by atoms with Gasteiger partial charge in [-0.25, -0.2) is 0 Å². The molecule has 0 aliphatic rings. The molecule has 4 rings (SSSR count). The zero-order chi connectivity index (χ0) is 27.6. The van der Waals surface area contributed by atoms with Crippen LogP contribution in [0.5, 0.6) is 0 Å². The van der Waals surface area contributed by atoms with Crippen molar-refractivity contribution in [1.29, 1.82) is 0 Å². The Kier molecular flexibility index (Phi) is 9.56. The number of carbonyl (C=O) groups is 3. The minimum Gasteiger partial charge on any atom is -0.325 e. The highest BCUT2D eigenvalue weighted by Crippen LogP contribution is 2.22. The molecule has 4 aromatic carbocycles. The first kappa shape index (κ1) is 27.7. The van der Waals surface area contributed by atoms with Gasteiger partial charge >= 0.3 is 0 Å². The van der Waals surface area contributed by atoms with Crippen molar-refractivity contribution in [2.45, 2.75) is 11.8 Å². The topological polar surface area (TPSA) is 87.3 Å². The second kappa shape index (κ2) is 13.5. The van der Waals surface area contributed by atoms with Gasteiger partial charge in [0, 0.05) is 26.9 Å². The Hall–Kier alpha value is -4.33. The molecule has 0 bridgehead atoms. The summed E-state index contributed by atoms with van der Waals surface area (Å²) in [6.45, 7) is 1.96. The van der Waals surface area contributed by atoms with Crippen molar-refractivity contribution in [2.24, 2.45) is 0 Å². The lowest BCUT2D eigenvalue weighted by atomic mass is 10.1. The number of hydrogen-bond donors (Lipinski definition) is 3. The summed E-state index contributed by atoms with van der Waals surface area (Å²) in [5.41, 5.74) is 3.58. The molecule has 39 heavy (non-hydrogen) atoms. The van der Waals surface area contributed by atoms with Gasteiger partial charge in [0.1, 0.15) is 5.70 Å². The first-order chi connectivity index (χ1) is 18.9. The van der Waals surface area contributed by atoms with Crippen molar-refractivity contribution in [1.82, 2.24) is 5.32 Å². The molecule has 0 aliphatic heterocycles. The SMILES string of the molecule is Cc1cccc(/C=C(\NC(=O)c2ccccc2)C(=O)Nc2ccc(SCC(=O)Nc3cccc(Cl)c3)cc2)c1. The van der Waals surface area contributed by atoms with E-state index in [1.54, 1.807) is 66.7 Å². The average Bonchev–Trinajstić information content (AvgIpc) is 2.93. The Labute approximate surface area is 236 Å².